The van der Waals surface area contributed by atoms with Crippen molar-refractivity contribution in [3.63, 3.8) is 0 Å². The Morgan fingerprint density at radius 3 is 2.33 bits per heavy atom. The average molecular weight is 337 g/mol. The van der Waals surface area contributed by atoms with Crippen molar-refractivity contribution in [2.75, 3.05) is 10.6 Å². The number of aromatic nitrogens is 1. The lowest BCUT2D eigenvalue weighted by atomic mass is 10.1. The topological polar surface area (TPSA) is 54.0 Å². The molecule has 0 aliphatic heterocycles. The van der Waals surface area contributed by atoms with Gasteiger partial charge in [0.25, 0.3) is 5.91 Å². The Morgan fingerprint density at radius 2 is 1.67 bits per heavy atom. The Labute approximate surface area is 145 Å². The van der Waals surface area contributed by atoms with E-state index in [2.05, 4.69) is 34.7 Å². The number of rotatable bonds is 5. The molecule has 4 nitrogen and oxygen atoms in total. The van der Waals surface area contributed by atoms with Crippen LogP contribution in [0, 0.1) is 6.92 Å². The zero-order valence-corrected chi connectivity index (χ0v) is 14.4. The van der Waals surface area contributed by atoms with Crippen LogP contribution in [-0.2, 0) is 0 Å². The van der Waals surface area contributed by atoms with Gasteiger partial charge in [0.15, 0.2) is 5.13 Å². The summed E-state index contributed by atoms with van der Waals surface area (Å²) < 4.78 is 0. The van der Waals surface area contributed by atoms with E-state index in [0.29, 0.717) is 4.88 Å². The van der Waals surface area contributed by atoms with Crippen LogP contribution >= 0.6 is 11.3 Å². The molecule has 0 radical (unpaired) electrons. The molecule has 3 rings (SSSR count). The van der Waals surface area contributed by atoms with Crippen LogP contribution in [0.15, 0.2) is 60.7 Å². The molecule has 1 aromatic heterocycles. The summed E-state index contributed by atoms with van der Waals surface area (Å²) in [7, 11) is 0. The fourth-order valence-corrected chi connectivity index (χ4v) is 3.34. The molecule has 0 saturated carbocycles. The van der Waals surface area contributed by atoms with E-state index in [-0.39, 0.29) is 11.9 Å². The van der Waals surface area contributed by atoms with Gasteiger partial charge in [-0.3, -0.25) is 4.79 Å². The first-order valence-electron chi connectivity index (χ1n) is 7.79. The maximum absolute atomic E-state index is 12.4. The number of hydrogen-bond donors (Lipinski definition) is 2. The monoisotopic (exact) mass is 337 g/mol. The van der Waals surface area contributed by atoms with Gasteiger partial charge >= 0.3 is 0 Å². The predicted octanol–water partition coefficient (Wildman–Crippen LogP) is 4.88. The number of nitrogens with zero attached hydrogens (tertiary/aromatic N) is 1. The van der Waals surface area contributed by atoms with E-state index in [1.54, 1.807) is 0 Å². The summed E-state index contributed by atoms with van der Waals surface area (Å²) in [5.41, 5.74) is 2.69. The molecule has 0 bridgehead atoms. The van der Waals surface area contributed by atoms with Crippen LogP contribution in [-0.4, -0.2) is 10.9 Å². The highest BCUT2D eigenvalue weighted by Gasteiger charge is 2.16. The summed E-state index contributed by atoms with van der Waals surface area (Å²) >= 11 is 1.38. The molecule has 122 valence electrons. The van der Waals surface area contributed by atoms with E-state index < -0.39 is 0 Å². The van der Waals surface area contributed by atoms with E-state index in [1.165, 1.54) is 16.9 Å². The first kappa shape index (κ1) is 16.2. The van der Waals surface area contributed by atoms with Crippen LogP contribution in [0.2, 0.25) is 0 Å². The van der Waals surface area contributed by atoms with Crippen molar-refractivity contribution in [3.8, 4) is 0 Å². The van der Waals surface area contributed by atoms with E-state index >= 15 is 0 Å². The number of benzene rings is 2. The van der Waals surface area contributed by atoms with Crippen LogP contribution in [0.25, 0.3) is 0 Å². The van der Waals surface area contributed by atoms with Crippen molar-refractivity contribution in [1.29, 1.82) is 0 Å². The normalized spacial score (nSPS) is 11.8. The highest BCUT2D eigenvalue weighted by atomic mass is 32.1. The molecule has 0 aliphatic carbocycles. The summed E-state index contributed by atoms with van der Waals surface area (Å²) in [6.07, 6.45) is 0. The largest absolute Gasteiger partial charge is 0.355 e. The van der Waals surface area contributed by atoms with Crippen molar-refractivity contribution >= 4 is 28.1 Å². The summed E-state index contributed by atoms with van der Waals surface area (Å²) in [6.45, 7) is 3.94. The van der Waals surface area contributed by atoms with Gasteiger partial charge in [-0.15, -0.1) is 0 Å². The van der Waals surface area contributed by atoms with E-state index in [9.17, 15) is 4.79 Å². The minimum absolute atomic E-state index is 0.127. The Bertz CT molecular complexity index is 815. The van der Waals surface area contributed by atoms with Crippen LogP contribution in [0.5, 0.6) is 0 Å². The maximum atomic E-state index is 12.4. The van der Waals surface area contributed by atoms with Crippen LogP contribution in [0.1, 0.15) is 33.9 Å². The predicted molar refractivity (Wildman–Crippen MR) is 99.7 cm³/mol. The van der Waals surface area contributed by atoms with Gasteiger partial charge in [-0.25, -0.2) is 4.98 Å². The molecule has 2 N–H and O–H groups in total. The van der Waals surface area contributed by atoms with Gasteiger partial charge < -0.3 is 10.6 Å². The van der Waals surface area contributed by atoms with E-state index in [4.69, 9.17) is 0 Å². The van der Waals surface area contributed by atoms with Crippen LogP contribution in [0.3, 0.4) is 0 Å². The number of nitrogens with one attached hydrogen (secondary N) is 2. The minimum Gasteiger partial charge on any atom is -0.355 e. The molecule has 3 aromatic rings. The van der Waals surface area contributed by atoms with Crippen LogP contribution < -0.4 is 10.6 Å². The first-order chi connectivity index (χ1) is 11.6. The first-order valence-corrected chi connectivity index (χ1v) is 8.60. The molecular formula is C19H19N3OS. The summed E-state index contributed by atoms with van der Waals surface area (Å²) in [5, 5.41) is 7.02. The minimum atomic E-state index is -0.128. The second-order valence-electron chi connectivity index (χ2n) is 5.53. The van der Waals surface area contributed by atoms with Gasteiger partial charge in [-0.1, -0.05) is 59.9 Å². The van der Waals surface area contributed by atoms with Crippen LogP contribution in [0.4, 0.5) is 10.8 Å². The van der Waals surface area contributed by atoms with E-state index in [0.717, 1.165) is 16.5 Å². The fraction of sp³-hybridized carbons (Fsp3) is 0.158. The third-order valence-electron chi connectivity index (χ3n) is 3.67. The Hall–Kier alpha value is -2.66. The molecule has 0 saturated heterocycles. The Morgan fingerprint density at radius 1 is 1.04 bits per heavy atom. The zero-order chi connectivity index (χ0) is 16.9. The number of carbonyl (C=O) groups excluding carboxylic acids is 1. The number of amides is 1. The summed E-state index contributed by atoms with van der Waals surface area (Å²) in [6, 6.07) is 19.7. The number of aryl methyl sites for hydroxylation is 1. The standard InChI is InChI=1S/C19H19N3OS/c1-13(15-9-5-3-6-10-15)20-19-21-14(2)17(24-19)18(23)22-16-11-7-4-8-12-16/h3-13H,1-2H3,(H,20,21)(H,22,23)/t13-/m1/s1. The van der Waals surface area contributed by atoms with Crippen molar-refractivity contribution < 1.29 is 4.79 Å². The van der Waals surface area contributed by atoms with Crippen molar-refractivity contribution in [2.24, 2.45) is 0 Å². The Kier molecular flexibility index (Phi) is 4.91. The molecule has 0 aliphatic rings. The average Bonchev–Trinajstić information content (AvgIpc) is 2.97. The fourth-order valence-electron chi connectivity index (χ4n) is 2.39. The number of para-hydroxylation sites is 1. The lowest BCUT2D eigenvalue weighted by Crippen LogP contribution is -2.11. The highest BCUT2D eigenvalue weighted by molar-refractivity contribution is 7.17. The molecule has 24 heavy (non-hydrogen) atoms. The molecular weight excluding hydrogens is 318 g/mol. The van der Waals surface area contributed by atoms with Gasteiger partial charge in [0.2, 0.25) is 0 Å². The molecule has 1 heterocycles. The second-order valence-corrected chi connectivity index (χ2v) is 6.53. The zero-order valence-electron chi connectivity index (χ0n) is 13.6. The van der Waals surface area contributed by atoms with Gasteiger partial charge in [0.05, 0.1) is 11.7 Å². The Balaban J connectivity index is 1.72. The lowest BCUT2D eigenvalue weighted by molar-refractivity contribution is 0.103. The molecule has 2 aromatic carbocycles. The number of carbonyl (C=O) groups is 1. The van der Waals surface area contributed by atoms with Gasteiger partial charge in [-0.05, 0) is 31.5 Å². The number of anilines is 2. The molecule has 5 heteroatoms. The SMILES string of the molecule is Cc1nc(N[C@H](C)c2ccccc2)sc1C(=O)Nc1ccccc1. The summed E-state index contributed by atoms with van der Waals surface area (Å²) in [5.74, 6) is -0.128. The smallest absolute Gasteiger partial charge is 0.267 e. The third-order valence-corrected chi connectivity index (χ3v) is 4.76. The second kappa shape index (κ2) is 7.27. The molecule has 0 fully saturated rings. The highest BCUT2D eigenvalue weighted by Crippen LogP contribution is 2.27. The number of hydrogen-bond acceptors (Lipinski definition) is 4. The van der Waals surface area contributed by atoms with Gasteiger partial charge in [-0.2, -0.15) is 0 Å². The van der Waals surface area contributed by atoms with Crippen molar-refractivity contribution in [3.05, 3.63) is 76.8 Å². The summed E-state index contributed by atoms with van der Waals surface area (Å²) in [4.78, 5) is 17.5. The van der Waals surface area contributed by atoms with E-state index in [1.807, 2.05) is 55.5 Å². The molecule has 1 atom stereocenters. The van der Waals surface area contributed by atoms with Crippen molar-refractivity contribution in [2.45, 2.75) is 19.9 Å². The quantitative estimate of drug-likeness (QED) is 0.698. The molecule has 0 spiro atoms. The third kappa shape index (κ3) is 3.81. The molecule has 0 unspecified atom stereocenters. The maximum Gasteiger partial charge on any atom is 0.267 e. The van der Waals surface area contributed by atoms with Gasteiger partial charge in [0.1, 0.15) is 4.88 Å². The number of thiazole rings is 1. The lowest BCUT2D eigenvalue weighted by Gasteiger charge is -2.12. The molecule has 1 amide bonds. The van der Waals surface area contributed by atoms with Gasteiger partial charge in [0, 0.05) is 5.69 Å². The van der Waals surface area contributed by atoms with Crippen molar-refractivity contribution in [1.82, 2.24) is 4.98 Å².